The molecule has 0 radical (unpaired) electrons. The van der Waals surface area contributed by atoms with Crippen molar-refractivity contribution in [2.24, 2.45) is 0 Å². The zero-order valence-electron chi connectivity index (χ0n) is 12.1. The van der Waals surface area contributed by atoms with Gasteiger partial charge in [0.2, 0.25) is 11.0 Å². The predicted molar refractivity (Wildman–Crippen MR) is 87.0 cm³/mol. The van der Waals surface area contributed by atoms with E-state index in [4.69, 9.17) is 11.6 Å². The van der Waals surface area contributed by atoms with Crippen molar-refractivity contribution in [2.45, 2.75) is 39.0 Å². The van der Waals surface area contributed by atoms with E-state index in [0.29, 0.717) is 22.5 Å². The molecule has 21 heavy (non-hydrogen) atoms. The number of nitrogens with zero attached hydrogens (tertiary/aromatic N) is 2. The van der Waals surface area contributed by atoms with E-state index >= 15 is 0 Å². The van der Waals surface area contributed by atoms with Gasteiger partial charge in [-0.1, -0.05) is 55.3 Å². The molecule has 1 aromatic heterocycles. The number of anilines is 1. The second-order valence-corrected chi connectivity index (χ2v) is 6.43. The van der Waals surface area contributed by atoms with Gasteiger partial charge < -0.3 is 5.32 Å². The molecular formula is C15H18ClN3OS. The topological polar surface area (TPSA) is 54.9 Å². The first kappa shape index (κ1) is 15.9. The van der Waals surface area contributed by atoms with Crippen LogP contribution in [-0.2, 0) is 11.2 Å². The molecule has 112 valence electrons. The number of benzene rings is 1. The number of nitrogens with one attached hydrogen (secondary N) is 1. The monoisotopic (exact) mass is 323 g/mol. The fourth-order valence-corrected chi connectivity index (χ4v) is 2.96. The zero-order valence-corrected chi connectivity index (χ0v) is 13.7. The maximum atomic E-state index is 12.0. The number of hydrogen-bond donors (Lipinski definition) is 1. The molecule has 0 aliphatic heterocycles. The quantitative estimate of drug-likeness (QED) is 0.863. The fourth-order valence-electron chi connectivity index (χ4n) is 1.99. The number of aromatic nitrogens is 2. The summed E-state index contributed by atoms with van der Waals surface area (Å²) in [5, 5.41) is 13.2. The summed E-state index contributed by atoms with van der Waals surface area (Å²) in [7, 11) is 0. The molecule has 0 fully saturated rings. The van der Waals surface area contributed by atoms with Crippen LogP contribution in [0.25, 0.3) is 0 Å². The highest BCUT2D eigenvalue weighted by Gasteiger charge is 2.13. The van der Waals surface area contributed by atoms with Crippen molar-refractivity contribution in [3.8, 4) is 0 Å². The van der Waals surface area contributed by atoms with Crippen molar-refractivity contribution in [1.29, 1.82) is 0 Å². The maximum Gasteiger partial charge on any atom is 0.230 e. The Hall–Kier alpha value is -1.46. The normalized spacial score (nSPS) is 12.1. The minimum absolute atomic E-state index is 0.0943. The minimum atomic E-state index is -0.0943. The van der Waals surface area contributed by atoms with E-state index < -0.39 is 0 Å². The largest absolute Gasteiger partial charge is 0.300 e. The molecule has 1 heterocycles. The molecule has 1 aromatic carbocycles. The first-order chi connectivity index (χ1) is 10.1. The SMILES string of the molecule is CCC[C@@H](C)c1nnc(NC(=O)Cc2ccc(Cl)cc2)s1. The average molecular weight is 324 g/mol. The van der Waals surface area contributed by atoms with Gasteiger partial charge in [0.05, 0.1) is 6.42 Å². The Morgan fingerprint density at radius 3 is 2.71 bits per heavy atom. The van der Waals surface area contributed by atoms with Gasteiger partial charge in [0.15, 0.2) is 0 Å². The van der Waals surface area contributed by atoms with E-state index in [2.05, 4.69) is 29.4 Å². The average Bonchev–Trinajstić information content (AvgIpc) is 2.90. The molecule has 0 spiro atoms. The maximum absolute atomic E-state index is 12.0. The van der Waals surface area contributed by atoms with Gasteiger partial charge in [0, 0.05) is 10.9 Å². The third-order valence-electron chi connectivity index (χ3n) is 3.11. The summed E-state index contributed by atoms with van der Waals surface area (Å²) in [5.41, 5.74) is 0.918. The number of halogens is 1. The number of carbonyl (C=O) groups is 1. The summed E-state index contributed by atoms with van der Waals surface area (Å²) in [6, 6.07) is 7.24. The van der Waals surface area contributed by atoms with Crippen LogP contribution in [0.5, 0.6) is 0 Å². The van der Waals surface area contributed by atoms with Crippen LogP contribution < -0.4 is 5.32 Å². The molecule has 0 bridgehead atoms. The fraction of sp³-hybridized carbons (Fsp3) is 0.400. The van der Waals surface area contributed by atoms with Gasteiger partial charge in [-0.3, -0.25) is 4.79 Å². The first-order valence-corrected chi connectivity index (χ1v) is 8.15. The lowest BCUT2D eigenvalue weighted by atomic mass is 10.1. The van der Waals surface area contributed by atoms with Crippen LogP contribution in [0.2, 0.25) is 5.02 Å². The van der Waals surface area contributed by atoms with Gasteiger partial charge >= 0.3 is 0 Å². The van der Waals surface area contributed by atoms with Gasteiger partial charge in [-0.15, -0.1) is 10.2 Å². The van der Waals surface area contributed by atoms with Crippen molar-refractivity contribution in [3.63, 3.8) is 0 Å². The van der Waals surface area contributed by atoms with Gasteiger partial charge in [-0.2, -0.15) is 0 Å². The van der Waals surface area contributed by atoms with E-state index in [1.54, 1.807) is 12.1 Å². The molecule has 2 rings (SSSR count). The van der Waals surface area contributed by atoms with Crippen molar-refractivity contribution in [3.05, 3.63) is 39.9 Å². The molecule has 0 aliphatic carbocycles. The lowest BCUT2D eigenvalue weighted by molar-refractivity contribution is -0.115. The first-order valence-electron chi connectivity index (χ1n) is 6.96. The Kier molecular flexibility index (Phi) is 5.70. The molecule has 4 nitrogen and oxygen atoms in total. The molecule has 0 aliphatic rings. The van der Waals surface area contributed by atoms with E-state index in [1.807, 2.05) is 12.1 Å². The molecular weight excluding hydrogens is 306 g/mol. The van der Waals surface area contributed by atoms with Gasteiger partial charge in [-0.05, 0) is 24.1 Å². The Labute approximate surface area is 133 Å². The number of rotatable bonds is 6. The van der Waals surface area contributed by atoms with E-state index in [0.717, 1.165) is 23.4 Å². The minimum Gasteiger partial charge on any atom is -0.300 e. The van der Waals surface area contributed by atoms with Crippen LogP contribution in [-0.4, -0.2) is 16.1 Å². The van der Waals surface area contributed by atoms with Crippen LogP contribution >= 0.6 is 22.9 Å². The standard InChI is InChI=1S/C15H18ClN3OS/c1-3-4-10(2)14-18-19-15(21-14)17-13(20)9-11-5-7-12(16)8-6-11/h5-8,10H,3-4,9H2,1-2H3,(H,17,19,20)/t10-/m1/s1. The Morgan fingerprint density at radius 2 is 2.05 bits per heavy atom. The lowest BCUT2D eigenvalue weighted by Crippen LogP contribution is -2.14. The number of carbonyl (C=O) groups excluding carboxylic acids is 1. The molecule has 6 heteroatoms. The number of amides is 1. The van der Waals surface area contributed by atoms with E-state index in [-0.39, 0.29) is 5.91 Å². The number of hydrogen-bond acceptors (Lipinski definition) is 4. The van der Waals surface area contributed by atoms with Crippen molar-refractivity contribution in [2.75, 3.05) is 5.32 Å². The van der Waals surface area contributed by atoms with Crippen LogP contribution in [0.1, 0.15) is 43.2 Å². The summed E-state index contributed by atoms with van der Waals surface area (Å²) in [6.45, 7) is 4.27. The smallest absolute Gasteiger partial charge is 0.230 e. The summed E-state index contributed by atoms with van der Waals surface area (Å²) in [4.78, 5) is 12.0. The van der Waals surface area contributed by atoms with Crippen molar-refractivity contribution >= 4 is 34.0 Å². The molecule has 0 saturated heterocycles. The molecule has 0 saturated carbocycles. The molecule has 2 aromatic rings. The van der Waals surface area contributed by atoms with Crippen LogP contribution in [0.15, 0.2) is 24.3 Å². The summed E-state index contributed by atoms with van der Waals surface area (Å²) in [6.07, 6.45) is 2.49. The second kappa shape index (κ2) is 7.52. The van der Waals surface area contributed by atoms with Gasteiger partial charge in [0.25, 0.3) is 0 Å². The summed E-state index contributed by atoms with van der Waals surface area (Å²) < 4.78 is 0. The van der Waals surface area contributed by atoms with Crippen molar-refractivity contribution < 1.29 is 4.79 Å². The van der Waals surface area contributed by atoms with Gasteiger partial charge in [-0.25, -0.2) is 0 Å². The van der Waals surface area contributed by atoms with Crippen LogP contribution in [0, 0.1) is 0 Å². The van der Waals surface area contributed by atoms with Crippen LogP contribution in [0.3, 0.4) is 0 Å². The summed E-state index contributed by atoms with van der Waals surface area (Å²) in [5.74, 6) is 0.289. The Morgan fingerprint density at radius 1 is 1.33 bits per heavy atom. The molecule has 1 amide bonds. The Bertz CT molecular complexity index is 597. The van der Waals surface area contributed by atoms with Crippen molar-refractivity contribution in [1.82, 2.24) is 10.2 Å². The molecule has 0 unspecified atom stereocenters. The Balaban J connectivity index is 1.92. The highest BCUT2D eigenvalue weighted by molar-refractivity contribution is 7.15. The summed E-state index contributed by atoms with van der Waals surface area (Å²) >= 11 is 7.27. The third-order valence-corrected chi connectivity index (χ3v) is 4.43. The zero-order chi connectivity index (χ0) is 15.2. The molecule has 1 atom stereocenters. The predicted octanol–water partition coefficient (Wildman–Crippen LogP) is 4.28. The molecule has 1 N–H and O–H groups in total. The highest BCUT2D eigenvalue weighted by Crippen LogP contribution is 2.26. The van der Waals surface area contributed by atoms with E-state index in [9.17, 15) is 4.79 Å². The second-order valence-electron chi connectivity index (χ2n) is 4.99. The lowest BCUT2D eigenvalue weighted by Gasteiger charge is -2.03. The highest BCUT2D eigenvalue weighted by atomic mass is 35.5. The van der Waals surface area contributed by atoms with Crippen LogP contribution in [0.4, 0.5) is 5.13 Å². The van der Waals surface area contributed by atoms with Gasteiger partial charge in [0.1, 0.15) is 5.01 Å². The third kappa shape index (κ3) is 4.79. The van der Waals surface area contributed by atoms with E-state index in [1.165, 1.54) is 11.3 Å².